The maximum absolute atomic E-state index is 11.4. The molecule has 0 aliphatic heterocycles. The molecule has 0 amide bonds. The van der Waals surface area contributed by atoms with Crippen molar-refractivity contribution in [1.29, 1.82) is 0 Å². The van der Waals surface area contributed by atoms with Gasteiger partial charge in [0.05, 0.1) is 5.66 Å². The zero-order valence-corrected chi connectivity index (χ0v) is 12.4. The van der Waals surface area contributed by atoms with Gasteiger partial charge in [-0.05, 0) is 19.3 Å². The molecule has 2 atom stereocenters. The molecule has 114 valence electrons. The normalized spacial score (nSPS) is 15.2. The summed E-state index contributed by atoms with van der Waals surface area (Å²) in [6.07, 6.45) is 4.85. The van der Waals surface area contributed by atoms with Crippen molar-refractivity contribution >= 4 is 13.6 Å². The Morgan fingerprint density at radius 1 is 1.16 bits per heavy atom. The fourth-order valence-corrected chi connectivity index (χ4v) is 3.26. The van der Waals surface area contributed by atoms with Gasteiger partial charge in [0, 0.05) is 12.5 Å². The monoisotopic (exact) mass is 295 g/mol. The minimum Gasteiger partial charge on any atom is -0.481 e. The van der Waals surface area contributed by atoms with Crippen LogP contribution >= 0.6 is 7.60 Å². The molecule has 0 fully saturated rings. The number of carboxylic acid groups (broad SMARTS) is 1. The lowest BCUT2D eigenvalue weighted by Crippen LogP contribution is -2.34. The number of unbranched alkanes of at least 4 members (excludes halogenated alkanes) is 3. The number of carboxylic acids is 1. The van der Waals surface area contributed by atoms with E-state index in [2.05, 4.69) is 6.92 Å². The fourth-order valence-electron chi connectivity index (χ4n) is 2.09. The van der Waals surface area contributed by atoms with Crippen LogP contribution < -0.4 is 5.73 Å². The van der Waals surface area contributed by atoms with Gasteiger partial charge < -0.3 is 20.6 Å². The Hall–Kier alpha value is -0.420. The number of aliphatic carboxylic acids is 1. The topological polar surface area (TPSA) is 121 Å². The SMILES string of the molecule is CCCCCCC(C(N)CCCC(=O)O)P(=O)(O)O. The average Bonchev–Trinajstić information content (AvgIpc) is 2.26. The first-order valence-corrected chi connectivity index (χ1v) is 8.49. The van der Waals surface area contributed by atoms with E-state index < -0.39 is 25.3 Å². The number of hydrogen-bond acceptors (Lipinski definition) is 3. The Bertz CT molecular complexity index is 304. The second-order valence-electron chi connectivity index (χ2n) is 4.96. The van der Waals surface area contributed by atoms with Crippen LogP contribution in [0.4, 0.5) is 0 Å². The first-order chi connectivity index (χ1) is 8.79. The number of nitrogens with two attached hydrogens (primary N) is 1. The summed E-state index contributed by atoms with van der Waals surface area (Å²) in [6.45, 7) is 2.07. The van der Waals surface area contributed by atoms with Crippen molar-refractivity contribution in [2.75, 3.05) is 0 Å². The van der Waals surface area contributed by atoms with E-state index in [0.717, 1.165) is 25.7 Å². The van der Waals surface area contributed by atoms with Crippen molar-refractivity contribution in [2.45, 2.75) is 70.0 Å². The summed E-state index contributed by atoms with van der Waals surface area (Å²) >= 11 is 0. The highest BCUT2D eigenvalue weighted by Gasteiger charge is 2.33. The van der Waals surface area contributed by atoms with E-state index in [1.54, 1.807) is 0 Å². The van der Waals surface area contributed by atoms with Gasteiger partial charge in [-0.2, -0.15) is 0 Å². The van der Waals surface area contributed by atoms with E-state index in [-0.39, 0.29) is 6.42 Å². The van der Waals surface area contributed by atoms with Crippen molar-refractivity contribution in [1.82, 2.24) is 0 Å². The molecule has 6 nitrogen and oxygen atoms in total. The van der Waals surface area contributed by atoms with Crippen molar-refractivity contribution < 1.29 is 24.3 Å². The van der Waals surface area contributed by atoms with Gasteiger partial charge in [0.25, 0.3) is 0 Å². The van der Waals surface area contributed by atoms with Gasteiger partial charge >= 0.3 is 13.6 Å². The maximum atomic E-state index is 11.4. The molecule has 0 aromatic heterocycles. The highest BCUT2D eigenvalue weighted by molar-refractivity contribution is 7.52. The van der Waals surface area contributed by atoms with Crippen molar-refractivity contribution in [3.63, 3.8) is 0 Å². The van der Waals surface area contributed by atoms with Crippen molar-refractivity contribution in [3.05, 3.63) is 0 Å². The van der Waals surface area contributed by atoms with Gasteiger partial charge in [-0.3, -0.25) is 9.36 Å². The van der Waals surface area contributed by atoms with Gasteiger partial charge in [-0.1, -0.05) is 32.6 Å². The molecule has 0 aliphatic carbocycles. The number of hydrogen-bond donors (Lipinski definition) is 4. The molecule has 0 heterocycles. The second-order valence-corrected chi connectivity index (χ2v) is 6.80. The highest BCUT2D eigenvalue weighted by Crippen LogP contribution is 2.45. The van der Waals surface area contributed by atoms with Crippen LogP contribution in [0.3, 0.4) is 0 Å². The highest BCUT2D eigenvalue weighted by atomic mass is 31.2. The Morgan fingerprint density at radius 2 is 1.79 bits per heavy atom. The number of carbonyl (C=O) groups is 1. The Labute approximate surface area is 114 Å². The van der Waals surface area contributed by atoms with Gasteiger partial charge in [0.1, 0.15) is 0 Å². The van der Waals surface area contributed by atoms with E-state index in [1.807, 2.05) is 0 Å². The number of rotatable bonds is 11. The summed E-state index contributed by atoms with van der Waals surface area (Å²) in [7, 11) is -4.22. The van der Waals surface area contributed by atoms with Crippen LogP contribution in [0, 0.1) is 0 Å². The Morgan fingerprint density at radius 3 is 2.26 bits per heavy atom. The lowest BCUT2D eigenvalue weighted by molar-refractivity contribution is -0.137. The third-order valence-corrected chi connectivity index (χ3v) is 4.71. The molecule has 0 rings (SSSR count). The zero-order valence-electron chi connectivity index (χ0n) is 11.5. The smallest absolute Gasteiger partial charge is 0.330 e. The van der Waals surface area contributed by atoms with Gasteiger partial charge in [-0.15, -0.1) is 0 Å². The molecule has 0 aromatic carbocycles. The largest absolute Gasteiger partial charge is 0.481 e. The first kappa shape index (κ1) is 18.6. The predicted molar refractivity (Wildman–Crippen MR) is 74.1 cm³/mol. The van der Waals surface area contributed by atoms with E-state index in [9.17, 15) is 19.1 Å². The molecule has 0 spiro atoms. The zero-order chi connectivity index (χ0) is 14.9. The quantitative estimate of drug-likeness (QED) is 0.342. The van der Waals surface area contributed by atoms with Crippen LogP contribution in [0.5, 0.6) is 0 Å². The van der Waals surface area contributed by atoms with E-state index in [0.29, 0.717) is 19.3 Å². The molecule has 0 aliphatic rings. The summed E-state index contributed by atoms with van der Waals surface area (Å²) in [5.74, 6) is -0.914. The average molecular weight is 295 g/mol. The molecular formula is C12H26NO5P. The Balaban J connectivity index is 4.24. The summed E-state index contributed by atoms with van der Waals surface area (Å²) in [5, 5.41) is 8.53. The Kier molecular flexibility index (Phi) is 9.27. The molecule has 0 radical (unpaired) electrons. The molecule has 19 heavy (non-hydrogen) atoms. The molecule has 0 saturated carbocycles. The van der Waals surface area contributed by atoms with Crippen molar-refractivity contribution in [3.8, 4) is 0 Å². The van der Waals surface area contributed by atoms with E-state index >= 15 is 0 Å². The molecule has 0 bridgehead atoms. The molecule has 0 aromatic rings. The van der Waals surface area contributed by atoms with Crippen LogP contribution in [0.2, 0.25) is 0 Å². The van der Waals surface area contributed by atoms with Gasteiger partial charge in [-0.25, -0.2) is 0 Å². The van der Waals surface area contributed by atoms with Crippen LogP contribution in [0.1, 0.15) is 58.3 Å². The van der Waals surface area contributed by atoms with Crippen LogP contribution in [-0.2, 0) is 9.36 Å². The molecule has 5 N–H and O–H groups in total. The van der Waals surface area contributed by atoms with E-state index in [1.165, 1.54) is 0 Å². The van der Waals surface area contributed by atoms with Gasteiger partial charge in [0.2, 0.25) is 0 Å². The third-order valence-electron chi connectivity index (χ3n) is 3.21. The summed E-state index contributed by atoms with van der Waals surface area (Å²) in [5.41, 5.74) is 4.97. The van der Waals surface area contributed by atoms with Crippen molar-refractivity contribution in [2.24, 2.45) is 5.73 Å². The minimum absolute atomic E-state index is 0.0165. The van der Waals surface area contributed by atoms with Gasteiger partial charge in [0.15, 0.2) is 0 Å². The second kappa shape index (κ2) is 9.48. The maximum Gasteiger partial charge on any atom is 0.330 e. The third kappa shape index (κ3) is 9.16. The molecule has 0 saturated heterocycles. The van der Waals surface area contributed by atoms with E-state index in [4.69, 9.17) is 10.8 Å². The van der Waals surface area contributed by atoms with Crippen LogP contribution in [-0.4, -0.2) is 32.6 Å². The van der Waals surface area contributed by atoms with Crippen LogP contribution in [0.15, 0.2) is 0 Å². The molecular weight excluding hydrogens is 269 g/mol. The predicted octanol–water partition coefficient (Wildman–Crippen LogP) is 2.09. The minimum atomic E-state index is -4.22. The first-order valence-electron chi connectivity index (χ1n) is 6.81. The summed E-state index contributed by atoms with van der Waals surface area (Å²) < 4.78 is 11.4. The molecule has 2 unspecified atom stereocenters. The fraction of sp³-hybridized carbons (Fsp3) is 0.917. The van der Waals surface area contributed by atoms with Crippen LogP contribution in [0.25, 0.3) is 0 Å². The lowest BCUT2D eigenvalue weighted by Gasteiger charge is -2.24. The summed E-state index contributed by atoms with van der Waals surface area (Å²) in [6, 6.07) is -0.637. The standard InChI is InChI=1S/C12H26NO5P/c1-2-3-4-5-8-11(19(16,17)18)10(13)7-6-9-12(14)15/h10-11H,2-9,13H2,1H3,(H,14,15)(H2,16,17,18). The molecule has 7 heteroatoms. The summed E-state index contributed by atoms with van der Waals surface area (Å²) in [4.78, 5) is 29.1. The lowest BCUT2D eigenvalue weighted by atomic mass is 10.0.